The summed E-state index contributed by atoms with van der Waals surface area (Å²) in [6, 6.07) is 5.24. The van der Waals surface area contributed by atoms with Gasteiger partial charge in [0.05, 0.1) is 20.3 Å². The quantitative estimate of drug-likeness (QED) is 0.842. The summed E-state index contributed by atoms with van der Waals surface area (Å²) >= 11 is 0. The Kier molecular flexibility index (Phi) is 4.50. The lowest BCUT2D eigenvalue weighted by Crippen LogP contribution is -2.50. The number of nitrogens with one attached hydrogen (secondary N) is 1. The van der Waals surface area contributed by atoms with E-state index >= 15 is 0 Å². The number of aromatic nitrogens is 1. The summed E-state index contributed by atoms with van der Waals surface area (Å²) in [6.45, 7) is 4.46. The predicted molar refractivity (Wildman–Crippen MR) is 76.8 cm³/mol. The van der Waals surface area contributed by atoms with Crippen molar-refractivity contribution >= 4 is 0 Å². The van der Waals surface area contributed by atoms with E-state index in [2.05, 4.69) is 21.3 Å². The molecule has 5 nitrogen and oxygen atoms in total. The fourth-order valence-electron chi connectivity index (χ4n) is 2.62. The zero-order valence-electron chi connectivity index (χ0n) is 12.0. The molecule has 20 heavy (non-hydrogen) atoms. The average Bonchev–Trinajstić information content (AvgIpc) is 3.31. The summed E-state index contributed by atoms with van der Waals surface area (Å²) in [5.74, 6) is 0.730. The van der Waals surface area contributed by atoms with E-state index in [1.165, 1.54) is 12.8 Å². The van der Waals surface area contributed by atoms with Crippen molar-refractivity contribution in [3.8, 4) is 5.88 Å². The van der Waals surface area contributed by atoms with Crippen LogP contribution in [0, 0.1) is 0 Å². The first-order valence-corrected chi connectivity index (χ1v) is 7.40. The fraction of sp³-hybridized carbons (Fsp3) is 0.667. The van der Waals surface area contributed by atoms with Gasteiger partial charge in [-0.2, -0.15) is 0 Å². The molecule has 0 radical (unpaired) electrons. The molecule has 1 saturated carbocycles. The molecule has 2 heterocycles. The second-order valence-corrected chi connectivity index (χ2v) is 5.55. The van der Waals surface area contributed by atoms with Crippen molar-refractivity contribution in [3.05, 3.63) is 23.9 Å². The molecular formula is C15H23N3O2. The van der Waals surface area contributed by atoms with E-state index in [1.807, 2.05) is 6.07 Å². The van der Waals surface area contributed by atoms with Crippen LogP contribution in [0.5, 0.6) is 5.88 Å². The highest BCUT2D eigenvalue weighted by atomic mass is 16.5. The Morgan fingerprint density at radius 3 is 3.20 bits per heavy atom. The third-order valence-electron chi connectivity index (χ3n) is 3.99. The Hall–Kier alpha value is -1.17. The Morgan fingerprint density at radius 1 is 1.50 bits per heavy atom. The zero-order valence-corrected chi connectivity index (χ0v) is 12.0. The van der Waals surface area contributed by atoms with Crippen LogP contribution in [0.4, 0.5) is 0 Å². The molecule has 2 aliphatic rings. The van der Waals surface area contributed by atoms with Gasteiger partial charge in [-0.3, -0.25) is 4.90 Å². The van der Waals surface area contributed by atoms with Crippen molar-refractivity contribution in [2.75, 3.05) is 33.4 Å². The number of methoxy groups -OCH3 is 1. The Balaban J connectivity index is 1.62. The van der Waals surface area contributed by atoms with Crippen molar-refractivity contribution in [1.29, 1.82) is 0 Å². The van der Waals surface area contributed by atoms with Gasteiger partial charge < -0.3 is 14.8 Å². The number of hydrogen-bond donors (Lipinski definition) is 1. The van der Waals surface area contributed by atoms with Crippen molar-refractivity contribution in [2.24, 2.45) is 0 Å². The third kappa shape index (κ3) is 3.48. The minimum absolute atomic E-state index is 0.439. The molecule has 0 spiro atoms. The molecule has 110 valence electrons. The molecule has 1 atom stereocenters. The Morgan fingerprint density at radius 2 is 2.40 bits per heavy atom. The number of hydrogen-bond acceptors (Lipinski definition) is 5. The van der Waals surface area contributed by atoms with Crippen LogP contribution in [0.25, 0.3) is 0 Å². The van der Waals surface area contributed by atoms with E-state index in [1.54, 1.807) is 13.3 Å². The van der Waals surface area contributed by atoms with E-state index in [-0.39, 0.29) is 0 Å². The lowest BCUT2D eigenvalue weighted by atomic mass is 10.1. The van der Waals surface area contributed by atoms with Crippen molar-refractivity contribution in [1.82, 2.24) is 15.2 Å². The van der Waals surface area contributed by atoms with Gasteiger partial charge in [-0.1, -0.05) is 6.07 Å². The predicted octanol–water partition coefficient (Wildman–Crippen LogP) is 1.04. The highest BCUT2D eigenvalue weighted by molar-refractivity contribution is 5.25. The second-order valence-electron chi connectivity index (χ2n) is 5.55. The number of nitrogens with zero attached hydrogens (tertiary/aromatic N) is 2. The normalized spacial score (nSPS) is 23.8. The van der Waals surface area contributed by atoms with Crippen LogP contribution >= 0.6 is 0 Å². The molecule has 1 aliphatic heterocycles. The molecule has 0 amide bonds. The summed E-state index contributed by atoms with van der Waals surface area (Å²) in [7, 11) is 1.68. The van der Waals surface area contributed by atoms with Crippen LogP contribution < -0.4 is 10.1 Å². The zero-order chi connectivity index (χ0) is 13.8. The summed E-state index contributed by atoms with van der Waals surface area (Å²) in [6.07, 6.45) is 4.42. The first-order chi connectivity index (χ1) is 9.86. The van der Waals surface area contributed by atoms with Crippen LogP contribution in [-0.4, -0.2) is 55.4 Å². The summed E-state index contributed by atoms with van der Waals surface area (Å²) in [5, 5.41) is 3.60. The third-order valence-corrected chi connectivity index (χ3v) is 3.99. The first kappa shape index (κ1) is 13.8. The summed E-state index contributed by atoms with van der Waals surface area (Å²) in [4.78, 5) is 6.75. The van der Waals surface area contributed by atoms with Crippen LogP contribution in [0.3, 0.4) is 0 Å². The van der Waals surface area contributed by atoms with Crippen LogP contribution in [0.1, 0.15) is 18.4 Å². The van der Waals surface area contributed by atoms with Crippen LogP contribution in [0.15, 0.2) is 18.3 Å². The van der Waals surface area contributed by atoms with Gasteiger partial charge in [0, 0.05) is 43.5 Å². The summed E-state index contributed by atoms with van der Waals surface area (Å²) in [5.41, 5.74) is 1.15. The van der Waals surface area contributed by atoms with E-state index in [9.17, 15) is 0 Å². The topological polar surface area (TPSA) is 46.6 Å². The molecule has 1 saturated heterocycles. The number of ether oxygens (including phenoxy) is 2. The number of morpholine rings is 1. The van der Waals surface area contributed by atoms with E-state index in [0.717, 1.165) is 50.3 Å². The molecule has 3 rings (SSSR count). The van der Waals surface area contributed by atoms with Crippen molar-refractivity contribution in [3.63, 3.8) is 0 Å². The van der Waals surface area contributed by atoms with Gasteiger partial charge >= 0.3 is 0 Å². The molecule has 1 unspecified atom stereocenters. The van der Waals surface area contributed by atoms with Crippen molar-refractivity contribution in [2.45, 2.75) is 31.5 Å². The van der Waals surface area contributed by atoms with Gasteiger partial charge in [0.25, 0.3) is 0 Å². The Labute approximate surface area is 120 Å². The average molecular weight is 277 g/mol. The molecule has 1 aromatic rings. The molecule has 0 bridgehead atoms. The maximum Gasteiger partial charge on any atom is 0.217 e. The lowest BCUT2D eigenvalue weighted by Gasteiger charge is -2.36. The lowest BCUT2D eigenvalue weighted by molar-refractivity contribution is -0.0113. The van der Waals surface area contributed by atoms with E-state index in [4.69, 9.17) is 9.47 Å². The number of pyridine rings is 1. The molecule has 1 N–H and O–H groups in total. The van der Waals surface area contributed by atoms with Crippen LogP contribution in [-0.2, 0) is 11.3 Å². The maximum absolute atomic E-state index is 5.63. The SMILES string of the molecule is COc1ncccc1CN1CCOCC1CNC1CC1. The molecule has 1 aromatic heterocycles. The number of rotatable bonds is 6. The maximum atomic E-state index is 5.63. The minimum Gasteiger partial charge on any atom is -0.481 e. The Bertz CT molecular complexity index is 437. The van der Waals surface area contributed by atoms with Gasteiger partial charge in [0.15, 0.2) is 0 Å². The van der Waals surface area contributed by atoms with Gasteiger partial charge in [-0.05, 0) is 18.9 Å². The van der Waals surface area contributed by atoms with Gasteiger partial charge in [0.1, 0.15) is 0 Å². The van der Waals surface area contributed by atoms with Gasteiger partial charge in [0.2, 0.25) is 5.88 Å². The van der Waals surface area contributed by atoms with Crippen LogP contribution in [0.2, 0.25) is 0 Å². The first-order valence-electron chi connectivity index (χ1n) is 7.40. The molecule has 1 aliphatic carbocycles. The second kappa shape index (κ2) is 6.52. The molecule has 0 aromatic carbocycles. The highest BCUT2D eigenvalue weighted by Gasteiger charge is 2.27. The monoisotopic (exact) mass is 277 g/mol. The van der Waals surface area contributed by atoms with Gasteiger partial charge in [-0.25, -0.2) is 4.98 Å². The highest BCUT2D eigenvalue weighted by Crippen LogP contribution is 2.21. The molecule has 2 fully saturated rings. The standard InChI is InChI=1S/C15H23N3O2/c1-19-15-12(3-2-6-16-15)10-18-7-8-20-11-14(18)9-17-13-4-5-13/h2-3,6,13-14,17H,4-5,7-11H2,1H3. The van der Waals surface area contributed by atoms with E-state index in [0.29, 0.717) is 6.04 Å². The minimum atomic E-state index is 0.439. The fourth-order valence-corrected chi connectivity index (χ4v) is 2.62. The molecule has 5 heteroatoms. The largest absolute Gasteiger partial charge is 0.481 e. The summed E-state index contributed by atoms with van der Waals surface area (Å²) < 4.78 is 11.0. The smallest absolute Gasteiger partial charge is 0.217 e. The van der Waals surface area contributed by atoms with Crippen molar-refractivity contribution < 1.29 is 9.47 Å². The molecular weight excluding hydrogens is 254 g/mol. The van der Waals surface area contributed by atoms with Gasteiger partial charge in [-0.15, -0.1) is 0 Å². The van der Waals surface area contributed by atoms with E-state index < -0.39 is 0 Å².